The number of aryl methyl sites for hydroxylation is 2. The third-order valence-electron chi connectivity index (χ3n) is 1.31. The van der Waals surface area contributed by atoms with Crippen molar-refractivity contribution >= 4 is 19.5 Å². The number of hydrogen-bond acceptors (Lipinski definition) is 0. The van der Waals surface area contributed by atoms with Gasteiger partial charge in [-0.1, -0.05) is 6.92 Å². The maximum absolute atomic E-state index is 11.2. The van der Waals surface area contributed by atoms with Crippen LogP contribution in [0.1, 0.15) is 13.3 Å². The van der Waals surface area contributed by atoms with E-state index in [0.717, 1.165) is 6.54 Å². The van der Waals surface area contributed by atoms with Crippen molar-refractivity contribution in [2.45, 2.75) is 19.9 Å². The number of hydrogen-bond donors (Lipinski definition) is 0. The van der Waals surface area contributed by atoms with E-state index in [9.17, 15) is 16.9 Å². The Morgan fingerprint density at radius 3 is 1.81 bits per heavy atom. The average Bonchev–Trinajstić information content (AvgIpc) is 2.29. The number of aromatic nitrogens is 2. The molecule has 0 saturated carbocycles. The van der Waals surface area contributed by atoms with Gasteiger partial charge in [-0.15, -0.1) is 0 Å². The van der Waals surface area contributed by atoms with Crippen LogP contribution in [0.25, 0.3) is 0 Å². The number of rotatable bonds is 2. The van der Waals surface area contributed by atoms with E-state index in [4.69, 9.17) is 0 Å². The molecule has 1 aromatic heterocycles. The van der Waals surface area contributed by atoms with Crippen LogP contribution in [0.5, 0.6) is 0 Å². The molecular weight excluding hydrogens is 348 g/mol. The van der Waals surface area contributed by atoms with Gasteiger partial charge in [0.05, 0.1) is 13.6 Å². The molecule has 0 spiro atoms. The summed E-state index contributed by atoms with van der Waals surface area (Å²) in [4.78, 5) is 0. The van der Waals surface area contributed by atoms with Crippen molar-refractivity contribution < 1.29 is 21.4 Å². The molecule has 0 saturated heterocycles. The van der Waals surface area contributed by atoms with Crippen LogP contribution in [0, 0.1) is 0 Å². The van der Waals surface area contributed by atoms with E-state index < -0.39 is 19.5 Å². The van der Waals surface area contributed by atoms with Crippen LogP contribution in [0.3, 0.4) is 0 Å². The zero-order valence-corrected chi connectivity index (χ0v) is 11.3. The number of halogens is 6. The van der Waals surface area contributed by atoms with E-state index in [-0.39, 0.29) is 0 Å². The Balaban J connectivity index is 0.000000293. The van der Waals surface area contributed by atoms with Crippen LogP contribution in [-0.4, -0.2) is 24.0 Å². The molecule has 0 bridgehead atoms. The molecule has 0 atom stereocenters. The normalized spacial score (nSPS) is 15.8. The van der Waals surface area contributed by atoms with Crippen LogP contribution in [-0.2, 0) is 13.6 Å². The van der Waals surface area contributed by atoms with Crippen molar-refractivity contribution in [2.75, 3.05) is 0 Å². The van der Waals surface area contributed by atoms with Gasteiger partial charge in [-0.05, 0) is 6.42 Å². The van der Waals surface area contributed by atoms with Gasteiger partial charge in [0.15, 0.2) is 0 Å². The second-order valence-corrected chi connectivity index (χ2v) is 8.75. The van der Waals surface area contributed by atoms with E-state index in [1.54, 1.807) is 0 Å². The molecule has 2 nitrogen and oxygen atoms in total. The molecule has 1 heterocycles. The fraction of sp³-hybridized carbons (Fsp3) is 0.571. The zero-order chi connectivity index (χ0) is 13.1. The molecule has 0 fully saturated rings. The molecule has 0 radical (unpaired) electrons. The second-order valence-electron chi connectivity index (χ2n) is 3.28. The van der Waals surface area contributed by atoms with Crippen molar-refractivity contribution in [1.29, 1.82) is 0 Å². The van der Waals surface area contributed by atoms with Crippen molar-refractivity contribution in [3.8, 4) is 0 Å². The molecule has 1 aromatic rings. The third-order valence-corrected chi connectivity index (χ3v) is 1.31. The van der Waals surface area contributed by atoms with Gasteiger partial charge in [-0.3, -0.25) is 0 Å². The van der Waals surface area contributed by atoms with E-state index in [1.807, 2.05) is 7.05 Å². The Morgan fingerprint density at radius 2 is 1.56 bits per heavy atom. The van der Waals surface area contributed by atoms with Crippen molar-refractivity contribution in [1.82, 2.24) is 4.57 Å². The summed E-state index contributed by atoms with van der Waals surface area (Å²) in [7, 11) is 2.03. The van der Waals surface area contributed by atoms with E-state index in [1.165, 1.54) is 6.42 Å². The maximum atomic E-state index is 9.93. The molecule has 0 amide bonds. The van der Waals surface area contributed by atoms with Gasteiger partial charge in [0.25, 0.3) is 0 Å². The molecule has 16 heavy (non-hydrogen) atoms. The Labute approximate surface area is 91.4 Å². The minimum atomic E-state index is -11.2. The van der Waals surface area contributed by atoms with Gasteiger partial charge in [-0.25, -0.2) is 9.13 Å². The van der Waals surface area contributed by atoms with Gasteiger partial charge >= 0.3 is 36.4 Å². The molecule has 98 valence electrons. The van der Waals surface area contributed by atoms with Gasteiger partial charge < -0.3 is 0 Å². The molecule has 0 aliphatic rings. The first-order valence-corrected chi connectivity index (χ1v) is 10.1. The van der Waals surface area contributed by atoms with Gasteiger partial charge in [0, 0.05) is 0 Å². The molecule has 0 N–H and O–H groups in total. The predicted molar refractivity (Wildman–Crippen MR) is 48.3 cm³/mol. The topological polar surface area (TPSA) is 8.81 Å². The van der Waals surface area contributed by atoms with Crippen LogP contribution < -0.4 is 4.57 Å². The van der Waals surface area contributed by atoms with Crippen molar-refractivity contribution in [2.24, 2.45) is 7.05 Å². The van der Waals surface area contributed by atoms with Crippen LogP contribution >= 0.6 is 0 Å². The zero-order valence-electron chi connectivity index (χ0n) is 8.76. The van der Waals surface area contributed by atoms with Gasteiger partial charge in [0.1, 0.15) is 12.4 Å². The second kappa shape index (κ2) is 4.13. The van der Waals surface area contributed by atoms with Crippen LogP contribution in [0.2, 0.25) is 0 Å². The first-order chi connectivity index (χ1) is 6.78. The molecule has 0 unspecified atom stereocenters. The molecule has 1 rings (SSSR count). The fourth-order valence-electron chi connectivity index (χ4n) is 0.892. The summed E-state index contributed by atoms with van der Waals surface area (Å²) in [6.07, 6.45) is 7.43. The SMILES string of the molecule is CCC[n+]1ccn(C)c1.[F][Sb-]([F])([F])([F])([F])[F]. The monoisotopic (exact) mass is 360 g/mol. The number of imidazole rings is 1. The quantitative estimate of drug-likeness (QED) is 0.435. The summed E-state index contributed by atoms with van der Waals surface area (Å²) < 4.78 is 63.8. The summed E-state index contributed by atoms with van der Waals surface area (Å²) in [5.74, 6) is 0. The summed E-state index contributed by atoms with van der Waals surface area (Å²) in [5.41, 5.74) is 0. The standard InChI is InChI=1S/C7H13N2.6FH.Sb/c1-3-4-9-6-5-8(2)7-9;;;;;;;/h5-7H,3-4H2,1-2H3;6*1H;/q+1;;;;;;;+5/p-6. The van der Waals surface area contributed by atoms with Gasteiger partial charge in [-0.2, -0.15) is 0 Å². The Kier molecular flexibility index (Phi) is 4.02. The average molecular weight is 361 g/mol. The van der Waals surface area contributed by atoms with E-state index in [2.05, 4.69) is 34.8 Å². The minimum absolute atomic E-state index is 1.13. The molecule has 0 aliphatic heterocycles. The fourth-order valence-corrected chi connectivity index (χ4v) is 0.892. The van der Waals surface area contributed by atoms with Crippen molar-refractivity contribution in [3.63, 3.8) is 0 Å². The first kappa shape index (κ1) is 15.6. The summed E-state index contributed by atoms with van der Waals surface area (Å²) in [6.45, 7) is 3.31. The Bertz CT molecular complexity index is 328. The summed E-state index contributed by atoms with van der Waals surface area (Å²) in [5, 5.41) is 0. The number of nitrogens with zero attached hydrogens (tertiary/aromatic N) is 2. The van der Waals surface area contributed by atoms with Crippen LogP contribution in [0.4, 0.5) is 16.9 Å². The molecule has 9 heteroatoms. The summed E-state index contributed by atoms with van der Waals surface area (Å²) in [6, 6.07) is 0. The summed E-state index contributed by atoms with van der Waals surface area (Å²) >= 11 is -11.2. The molecular formula is C7H13F6N2Sb. The predicted octanol–water partition coefficient (Wildman–Crippen LogP) is 2.86. The first-order valence-electron chi connectivity index (χ1n) is 4.35. The van der Waals surface area contributed by atoms with Crippen molar-refractivity contribution in [3.05, 3.63) is 18.7 Å². The molecule has 0 aliphatic carbocycles. The van der Waals surface area contributed by atoms with Gasteiger partial charge in [0.2, 0.25) is 6.33 Å². The van der Waals surface area contributed by atoms with E-state index >= 15 is 0 Å². The Morgan fingerprint density at radius 1 is 1.12 bits per heavy atom. The Hall–Kier alpha value is -0.392. The molecule has 0 aromatic carbocycles. The van der Waals surface area contributed by atoms with E-state index in [0.29, 0.717) is 0 Å². The third kappa shape index (κ3) is 16.1. The van der Waals surface area contributed by atoms with Crippen LogP contribution in [0.15, 0.2) is 18.7 Å².